The van der Waals surface area contributed by atoms with Crippen molar-refractivity contribution in [3.63, 3.8) is 0 Å². The molecule has 3 heteroatoms. The first kappa shape index (κ1) is 5.23. The summed E-state index contributed by atoms with van der Waals surface area (Å²) >= 11 is 0. The van der Waals surface area contributed by atoms with E-state index in [0.29, 0.717) is 6.54 Å². The van der Waals surface area contributed by atoms with Gasteiger partial charge in [-0.15, -0.1) is 0 Å². The number of aliphatic hydroxyl groups is 1. The zero-order valence-electron chi connectivity index (χ0n) is 5.05. The topological polar surface area (TPSA) is 49.3 Å². The zero-order chi connectivity index (χ0) is 6.48. The monoisotopic (exact) mass is 127 g/mol. The van der Waals surface area contributed by atoms with Gasteiger partial charge in [0.05, 0.1) is 6.61 Å². The number of hydrogen-bond acceptors (Lipinski definition) is 2. The van der Waals surface area contributed by atoms with Gasteiger partial charge in [-0.05, 0) is 6.42 Å². The van der Waals surface area contributed by atoms with E-state index in [9.17, 15) is 4.79 Å². The van der Waals surface area contributed by atoms with Crippen molar-refractivity contribution in [3.8, 4) is 0 Å². The number of carbonyl (C=O) groups is 1. The number of piperidine rings is 1. The van der Waals surface area contributed by atoms with Gasteiger partial charge in [0, 0.05) is 17.9 Å². The van der Waals surface area contributed by atoms with E-state index in [1.165, 1.54) is 0 Å². The minimum absolute atomic E-state index is 0.0307. The van der Waals surface area contributed by atoms with Gasteiger partial charge < -0.3 is 10.4 Å². The average Bonchev–Trinajstić information content (AvgIpc) is 2.53. The molecular weight excluding hydrogens is 118 g/mol. The summed E-state index contributed by atoms with van der Waals surface area (Å²) in [7, 11) is 0. The lowest BCUT2D eigenvalue weighted by molar-refractivity contribution is -0.120. The maximum Gasteiger partial charge on any atom is 0.223 e. The minimum atomic E-state index is -0.0307. The van der Waals surface area contributed by atoms with Crippen LogP contribution in [0.2, 0.25) is 0 Å². The van der Waals surface area contributed by atoms with E-state index in [1.54, 1.807) is 0 Å². The minimum Gasteiger partial charge on any atom is -0.396 e. The molecule has 3 nitrogen and oxygen atoms in total. The van der Waals surface area contributed by atoms with Crippen LogP contribution in [-0.4, -0.2) is 24.2 Å². The van der Waals surface area contributed by atoms with Gasteiger partial charge in [0.15, 0.2) is 0 Å². The molecule has 2 aliphatic rings. The third kappa shape index (κ3) is 0.477. The van der Waals surface area contributed by atoms with E-state index in [2.05, 4.69) is 5.32 Å². The van der Waals surface area contributed by atoms with E-state index < -0.39 is 0 Å². The first-order valence-electron chi connectivity index (χ1n) is 3.17. The summed E-state index contributed by atoms with van der Waals surface area (Å²) in [4.78, 5) is 10.8. The van der Waals surface area contributed by atoms with Crippen molar-refractivity contribution in [3.05, 3.63) is 0 Å². The Morgan fingerprint density at radius 3 is 2.89 bits per heavy atom. The van der Waals surface area contributed by atoms with Crippen molar-refractivity contribution < 1.29 is 9.90 Å². The summed E-state index contributed by atoms with van der Waals surface area (Å²) in [5.74, 6) is 0.270. The predicted molar refractivity (Wildman–Crippen MR) is 30.6 cm³/mol. The van der Waals surface area contributed by atoms with Crippen molar-refractivity contribution >= 4 is 5.91 Å². The number of carbonyl (C=O) groups excluding carboxylic acids is 1. The first-order chi connectivity index (χ1) is 4.28. The largest absolute Gasteiger partial charge is 0.396 e. The lowest BCUT2D eigenvalue weighted by Gasteiger charge is -2.02. The van der Waals surface area contributed by atoms with E-state index in [1.807, 2.05) is 0 Å². The Morgan fingerprint density at radius 2 is 2.67 bits per heavy atom. The van der Waals surface area contributed by atoms with Crippen molar-refractivity contribution in [2.45, 2.75) is 6.42 Å². The Hall–Kier alpha value is -0.570. The Labute approximate surface area is 53.1 Å². The smallest absolute Gasteiger partial charge is 0.223 e. The highest BCUT2D eigenvalue weighted by atomic mass is 16.3. The fourth-order valence-corrected chi connectivity index (χ4v) is 1.53. The molecule has 0 bridgehead atoms. The van der Waals surface area contributed by atoms with E-state index in [-0.39, 0.29) is 23.8 Å². The Morgan fingerprint density at radius 1 is 1.89 bits per heavy atom. The maximum absolute atomic E-state index is 10.8. The molecule has 1 saturated heterocycles. The molecule has 1 heterocycles. The van der Waals surface area contributed by atoms with E-state index in [4.69, 9.17) is 5.11 Å². The van der Waals surface area contributed by atoms with Gasteiger partial charge in [-0.3, -0.25) is 4.79 Å². The van der Waals surface area contributed by atoms with Crippen LogP contribution in [0.3, 0.4) is 0 Å². The summed E-state index contributed by atoms with van der Waals surface area (Å²) in [6.45, 7) is 0.851. The van der Waals surface area contributed by atoms with Crippen molar-refractivity contribution in [1.82, 2.24) is 5.32 Å². The molecule has 0 aromatic carbocycles. The number of nitrogens with one attached hydrogen (secondary N) is 1. The third-order valence-corrected chi connectivity index (χ3v) is 2.44. The van der Waals surface area contributed by atoms with Crippen LogP contribution >= 0.6 is 0 Å². The molecule has 2 atom stereocenters. The molecule has 1 aliphatic heterocycles. The van der Waals surface area contributed by atoms with Crippen molar-refractivity contribution in [2.24, 2.45) is 11.3 Å². The normalized spacial score (nSPS) is 46.3. The molecule has 0 aromatic rings. The van der Waals surface area contributed by atoms with Crippen LogP contribution in [-0.2, 0) is 4.79 Å². The summed E-state index contributed by atoms with van der Waals surface area (Å²) in [6, 6.07) is 0. The van der Waals surface area contributed by atoms with Crippen LogP contribution in [0.25, 0.3) is 0 Å². The van der Waals surface area contributed by atoms with E-state index >= 15 is 0 Å². The Balaban J connectivity index is 2.17. The molecule has 50 valence electrons. The molecule has 1 aliphatic carbocycles. The third-order valence-electron chi connectivity index (χ3n) is 2.44. The molecular formula is C6H9NO2. The van der Waals surface area contributed by atoms with Gasteiger partial charge >= 0.3 is 0 Å². The van der Waals surface area contributed by atoms with Gasteiger partial charge in [-0.25, -0.2) is 0 Å². The van der Waals surface area contributed by atoms with E-state index in [0.717, 1.165) is 6.42 Å². The fourth-order valence-electron chi connectivity index (χ4n) is 1.53. The highest BCUT2D eigenvalue weighted by Crippen LogP contribution is 2.54. The molecule has 9 heavy (non-hydrogen) atoms. The van der Waals surface area contributed by atoms with Crippen LogP contribution in [0.15, 0.2) is 0 Å². The standard InChI is InChI=1S/C6H9NO2/c8-3-6-1-4(6)5(9)7-2-6/h4,8H,1-3H2,(H,7,9)/t4-,6?/m1/s1. The highest BCUT2D eigenvalue weighted by molar-refractivity contribution is 5.85. The number of hydrogen-bond donors (Lipinski definition) is 2. The van der Waals surface area contributed by atoms with Crippen LogP contribution in [0, 0.1) is 11.3 Å². The molecule has 0 radical (unpaired) electrons. The van der Waals surface area contributed by atoms with Crippen LogP contribution < -0.4 is 5.32 Å². The van der Waals surface area contributed by atoms with Gasteiger partial charge in [0.1, 0.15) is 0 Å². The van der Waals surface area contributed by atoms with Gasteiger partial charge in [-0.1, -0.05) is 0 Å². The number of amides is 1. The fraction of sp³-hybridized carbons (Fsp3) is 0.833. The SMILES string of the molecule is O=C1NCC2(CO)C[C@H]12. The molecule has 2 N–H and O–H groups in total. The molecule has 1 unspecified atom stereocenters. The summed E-state index contributed by atoms with van der Waals surface area (Å²) in [5.41, 5.74) is -0.0307. The Kier molecular flexibility index (Phi) is 0.750. The second kappa shape index (κ2) is 1.29. The Bertz CT molecular complexity index is 168. The number of fused-ring (bicyclic) bond motifs is 1. The second-order valence-corrected chi connectivity index (χ2v) is 3.00. The lowest BCUT2D eigenvalue weighted by Crippen LogP contribution is -2.22. The maximum atomic E-state index is 10.8. The quantitative estimate of drug-likeness (QED) is 0.480. The highest BCUT2D eigenvalue weighted by Gasteiger charge is 2.61. The second-order valence-electron chi connectivity index (χ2n) is 3.00. The van der Waals surface area contributed by atoms with Crippen LogP contribution in [0.5, 0.6) is 0 Å². The van der Waals surface area contributed by atoms with Crippen molar-refractivity contribution in [1.29, 1.82) is 0 Å². The molecule has 0 aromatic heterocycles. The first-order valence-corrected chi connectivity index (χ1v) is 3.17. The summed E-state index contributed by atoms with van der Waals surface area (Å²) in [6.07, 6.45) is 0.898. The van der Waals surface area contributed by atoms with Crippen LogP contribution in [0.1, 0.15) is 6.42 Å². The molecule has 1 amide bonds. The molecule has 0 spiro atoms. The zero-order valence-corrected chi connectivity index (χ0v) is 5.05. The average molecular weight is 127 g/mol. The number of rotatable bonds is 1. The van der Waals surface area contributed by atoms with Gasteiger partial charge in [0.25, 0.3) is 0 Å². The molecule has 2 fully saturated rings. The van der Waals surface area contributed by atoms with Crippen LogP contribution in [0.4, 0.5) is 0 Å². The number of aliphatic hydroxyl groups excluding tert-OH is 1. The summed E-state index contributed by atoms with van der Waals surface area (Å²) < 4.78 is 0. The predicted octanol–water partition coefficient (Wildman–Crippen LogP) is -0.885. The summed E-state index contributed by atoms with van der Waals surface area (Å²) in [5, 5.41) is 11.5. The molecule has 2 rings (SSSR count). The van der Waals surface area contributed by atoms with Gasteiger partial charge in [0.2, 0.25) is 5.91 Å². The lowest BCUT2D eigenvalue weighted by atomic mass is 10.1. The molecule has 1 saturated carbocycles. The van der Waals surface area contributed by atoms with Gasteiger partial charge in [-0.2, -0.15) is 0 Å². The van der Waals surface area contributed by atoms with Crippen molar-refractivity contribution in [2.75, 3.05) is 13.2 Å².